The van der Waals surface area contributed by atoms with Gasteiger partial charge in [0.05, 0.1) is 10.9 Å². The Bertz CT molecular complexity index is 1290. The Morgan fingerprint density at radius 3 is 2.78 bits per heavy atom. The van der Waals surface area contributed by atoms with Crippen LogP contribution < -0.4 is 5.56 Å². The second kappa shape index (κ2) is 6.03. The maximum atomic E-state index is 13.2. The van der Waals surface area contributed by atoms with E-state index in [0.717, 1.165) is 36.1 Å². The van der Waals surface area contributed by atoms with Crippen LogP contribution in [0.5, 0.6) is 5.75 Å². The molecule has 1 aliphatic carbocycles. The molecule has 1 aliphatic rings. The number of nitrogens with zero attached hydrogens (tertiary/aromatic N) is 2. The van der Waals surface area contributed by atoms with E-state index in [1.807, 2.05) is 0 Å². The summed E-state index contributed by atoms with van der Waals surface area (Å²) < 4.78 is 1.46. The first-order valence-electron chi connectivity index (χ1n) is 8.93. The molecule has 0 saturated heterocycles. The number of benzene rings is 1. The molecule has 134 valence electrons. The molecule has 4 aromatic rings. The van der Waals surface area contributed by atoms with Crippen LogP contribution in [0.1, 0.15) is 39.2 Å². The van der Waals surface area contributed by atoms with E-state index in [0.29, 0.717) is 16.6 Å². The summed E-state index contributed by atoms with van der Waals surface area (Å²) in [6.45, 7) is 0. The number of fused-ring (bicyclic) bond motifs is 4. The van der Waals surface area contributed by atoms with Crippen LogP contribution in [-0.2, 0) is 12.8 Å². The van der Waals surface area contributed by atoms with Gasteiger partial charge >= 0.3 is 0 Å². The lowest BCUT2D eigenvalue weighted by Gasteiger charge is -2.10. The van der Waals surface area contributed by atoms with Gasteiger partial charge in [0.2, 0.25) is 0 Å². The summed E-state index contributed by atoms with van der Waals surface area (Å²) in [7, 11) is 0. The van der Waals surface area contributed by atoms with E-state index < -0.39 is 0 Å². The molecular formula is C21H16N2O3S. The van der Waals surface area contributed by atoms with Gasteiger partial charge in [-0.25, -0.2) is 4.98 Å². The Kier molecular flexibility index (Phi) is 3.62. The van der Waals surface area contributed by atoms with Crippen molar-refractivity contribution in [1.82, 2.24) is 9.38 Å². The Hall–Kier alpha value is -2.99. The Morgan fingerprint density at radius 1 is 1.11 bits per heavy atom. The van der Waals surface area contributed by atoms with E-state index in [2.05, 4.69) is 4.98 Å². The molecule has 3 aromatic heterocycles. The van der Waals surface area contributed by atoms with Gasteiger partial charge in [-0.3, -0.25) is 14.0 Å². The predicted molar refractivity (Wildman–Crippen MR) is 105 cm³/mol. The fraction of sp³-hybridized carbons (Fsp3) is 0.190. The van der Waals surface area contributed by atoms with Gasteiger partial charge in [0.15, 0.2) is 5.78 Å². The fourth-order valence-corrected chi connectivity index (χ4v) is 5.04. The van der Waals surface area contributed by atoms with Gasteiger partial charge in [-0.05, 0) is 55.5 Å². The smallest absolute Gasteiger partial charge is 0.266 e. The average molecular weight is 376 g/mol. The molecule has 3 heterocycles. The van der Waals surface area contributed by atoms with Crippen molar-refractivity contribution in [2.75, 3.05) is 0 Å². The van der Waals surface area contributed by atoms with Crippen molar-refractivity contribution in [3.05, 3.63) is 74.5 Å². The number of thiophene rings is 1. The van der Waals surface area contributed by atoms with Crippen LogP contribution in [0.15, 0.2) is 47.4 Å². The predicted octanol–water partition coefficient (Wildman–Crippen LogP) is 3.72. The number of phenolic OH excluding ortho intramolecular Hbond substituents is 1. The topological polar surface area (TPSA) is 71.7 Å². The van der Waals surface area contributed by atoms with Crippen LogP contribution in [0.25, 0.3) is 15.9 Å². The third kappa shape index (κ3) is 2.48. The van der Waals surface area contributed by atoms with E-state index in [-0.39, 0.29) is 22.7 Å². The molecule has 1 aromatic carbocycles. The van der Waals surface area contributed by atoms with E-state index in [1.54, 1.807) is 41.7 Å². The number of aromatic nitrogens is 2. The van der Waals surface area contributed by atoms with Crippen LogP contribution >= 0.6 is 11.3 Å². The number of phenols is 1. The lowest BCUT2D eigenvalue weighted by Crippen LogP contribution is -2.17. The van der Waals surface area contributed by atoms with Crippen LogP contribution in [0.4, 0.5) is 0 Å². The SMILES string of the molecule is O=C(c1ccc2nc3sc4c(c3c(=O)n2c1)CCCC4)c1ccccc1O. The quantitative estimate of drug-likeness (QED) is 0.541. The maximum absolute atomic E-state index is 13.2. The number of carbonyl (C=O) groups is 1. The van der Waals surface area contributed by atoms with Crippen LogP contribution in [0.2, 0.25) is 0 Å². The minimum atomic E-state index is -0.325. The molecular weight excluding hydrogens is 360 g/mol. The Labute approximate surface area is 158 Å². The number of hydrogen-bond donors (Lipinski definition) is 1. The highest BCUT2D eigenvalue weighted by Crippen LogP contribution is 2.33. The molecule has 1 N–H and O–H groups in total. The van der Waals surface area contributed by atoms with Crippen molar-refractivity contribution < 1.29 is 9.90 Å². The number of carbonyl (C=O) groups excluding carboxylic acids is 1. The summed E-state index contributed by atoms with van der Waals surface area (Å²) >= 11 is 1.61. The molecule has 27 heavy (non-hydrogen) atoms. The van der Waals surface area contributed by atoms with Gasteiger partial charge in [-0.2, -0.15) is 0 Å². The minimum absolute atomic E-state index is 0.0737. The first kappa shape index (κ1) is 16.2. The second-order valence-corrected chi connectivity index (χ2v) is 7.88. The first-order valence-corrected chi connectivity index (χ1v) is 9.74. The molecule has 0 radical (unpaired) electrons. The zero-order valence-corrected chi connectivity index (χ0v) is 15.3. The number of hydrogen-bond acceptors (Lipinski definition) is 5. The molecule has 0 amide bonds. The van der Waals surface area contributed by atoms with Crippen LogP contribution in [0.3, 0.4) is 0 Å². The molecule has 0 fully saturated rings. The highest BCUT2D eigenvalue weighted by atomic mass is 32.1. The van der Waals surface area contributed by atoms with Crippen molar-refractivity contribution >= 4 is 33.0 Å². The van der Waals surface area contributed by atoms with E-state index in [1.165, 1.54) is 21.5 Å². The standard InChI is InChI=1S/C21H16N2O3S/c24-15-7-3-1-5-13(15)19(25)12-9-10-17-22-20-18(21(26)23(17)11-12)14-6-2-4-8-16(14)27-20/h1,3,5,7,9-11,24H,2,4,6,8H2. The molecule has 6 heteroatoms. The highest BCUT2D eigenvalue weighted by Gasteiger charge is 2.21. The average Bonchev–Trinajstić information content (AvgIpc) is 3.06. The normalized spacial score (nSPS) is 13.8. The van der Waals surface area contributed by atoms with Crippen molar-refractivity contribution in [2.45, 2.75) is 25.7 Å². The van der Waals surface area contributed by atoms with Gasteiger partial charge in [-0.1, -0.05) is 12.1 Å². The van der Waals surface area contributed by atoms with Crippen LogP contribution in [-0.4, -0.2) is 20.3 Å². The third-order valence-corrected chi connectivity index (χ3v) is 6.32. The van der Waals surface area contributed by atoms with Crippen molar-refractivity contribution in [1.29, 1.82) is 0 Å². The van der Waals surface area contributed by atoms with Crippen molar-refractivity contribution in [3.63, 3.8) is 0 Å². The summed E-state index contributed by atoms with van der Waals surface area (Å²) in [5, 5.41) is 10.6. The highest BCUT2D eigenvalue weighted by molar-refractivity contribution is 7.18. The summed E-state index contributed by atoms with van der Waals surface area (Å²) in [6.07, 6.45) is 5.70. The van der Waals surface area contributed by atoms with E-state index in [4.69, 9.17) is 0 Å². The number of aromatic hydroxyl groups is 1. The Balaban J connectivity index is 1.72. The summed E-state index contributed by atoms with van der Waals surface area (Å²) in [5.41, 5.74) is 2.09. The number of pyridine rings is 1. The lowest BCUT2D eigenvalue weighted by atomic mass is 9.97. The van der Waals surface area contributed by atoms with Crippen molar-refractivity contribution in [2.24, 2.45) is 0 Å². The molecule has 5 nitrogen and oxygen atoms in total. The third-order valence-electron chi connectivity index (χ3n) is 5.14. The molecule has 0 saturated carbocycles. The number of rotatable bonds is 2. The minimum Gasteiger partial charge on any atom is -0.507 e. The largest absolute Gasteiger partial charge is 0.507 e. The molecule has 0 unspecified atom stereocenters. The second-order valence-electron chi connectivity index (χ2n) is 6.80. The molecule has 0 spiro atoms. The summed E-state index contributed by atoms with van der Waals surface area (Å²) in [4.78, 5) is 32.6. The Morgan fingerprint density at radius 2 is 1.93 bits per heavy atom. The van der Waals surface area contributed by atoms with Gasteiger partial charge < -0.3 is 5.11 Å². The van der Waals surface area contributed by atoms with Crippen LogP contribution in [0, 0.1) is 0 Å². The van der Waals surface area contributed by atoms with E-state index in [9.17, 15) is 14.7 Å². The van der Waals surface area contributed by atoms with Gasteiger partial charge in [0.25, 0.3) is 5.56 Å². The van der Waals surface area contributed by atoms with Gasteiger partial charge in [0.1, 0.15) is 16.2 Å². The number of ketones is 1. The zero-order chi connectivity index (χ0) is 18.5. The summed E-state index contributed by atoms with van der Waals surface area (Å²) in [6, 6.07) is 9.74. The lowest BCUT2D eigenvalue weighted by molar-refractivity contribution is 0.103. The molecule has 5 rings (SSSR count). The first-order chi connectivity index (χ1) is 13.1. The summed E-state index contributed by atoms with van der Waals surface area (Å²) in [5.74, 6) is -0.398. The zero-order valence-electron chi connectivity index (χ0n) is 14.4. The molecule has 0 aliphatic heterocycles. The van der Waals surface area contributed by atoms with E-state index >= 15 is 0 Å². The number of aryl methyl sites for hydroxylation is 2. The fourth-order valence-electron chi connectivity index (χ4n) is 3.78. The molecule has 0 bridgehead atoms. The van der Waals surface area contributed by atoms with Crippen molar-refractivity contribution in [3.8, 4) is 5.75 Å². The van der Waals surface area contributed by atoms with Gasteiger partial charge in [-0.15, -0.1) is 11.3 Å². The van der Waals surface area contributed by atoms with Gasteiger partial charge in [0, 0.05) is 16.6 Å². The molecule has 0 atom stereocenters. The monoisotopic (exact) mass is 376 g/mol. The number of para-hydroxylation sites is 1. The maximum Gasteiger partial charge on any atom is 0.266 e.